The molecule has 3 heterocycles. The first kappa shape index (κ1) is 32.1. The number of hydrogen-bond donors (Lipinski definition) is 1. The molecule has 2 saturated heterocycles. The van der Waals surface area contributed by atoms with Crippen molar-refractivity contribution in [3.8, 4) is 0 Å². The van der Waals surface area contributed by atoms with Gasteiger partial charge in [0.1, 0.15) is 11.9 Å². The molecule has 0 aliphatic carbocycles. The Morgan fingerprint density at radius 1 is 1.00 bits per heavy atom. The smallest absolute Gasteiger partial charge is 0.383 e. The fourth-order valence-corrected chi connectivity index (χ4v) is 6.50. The van der Waals surface area contributed by atoms with Crippen LogP contribution in [0, 0.1) is 0 Å². The molecule has 2 unspecified atom stereocenters. The number of nitrogens with two attached hydrogens (primary N) is 1. The van der Waals surface area contributed by atoms with Gasteiger partial charge in [-0.15, -0.1) is 0 Å². The number of aromatic nitrogens is 2. The van der Waals surface area contributed by atoms with E-state index in [2.05, 4.69) is 11.9 Å². The van der Waals surface area contributed by atoms with Crippen LogP contribution < -0.4 is 11.4 Å². The normalized spacial score (nSPS) is 26.1. The zero-order chi connectivity index (χ0) is 28.1. The molecule has 2 fully saturated rings. The highest BCUT2D eigenvalue weighted by atomic mass is 31.2. The van der Waals surface area contributed by atoms with Crippen LogP contribution in [0.2, 0.25) is 0 Å². The molecule has 0 saturated carbocycles. The molecular weight excluding hydrogens is 531 g/mol. The van der Waals surface area contributed by atoms with Crippen LogP contribution in [0.4, 0.5) is 14.6 Å². The van der Waals surface area contributed by atoms with Crippen LogP contribution in [-0.2, 0) is 22.9 Å². The monoisotopic (exact) mass is 577 g/mol. The maximum atomic E-state index is 15.1. The number of nitrogens with zero attached hydrogens (tertiary/aromatic N) is 2. The van der Waals surface area contributed by atoms with Crippen LogP contribution in [0.5, 0.6) is 0 Å². The van der Waals surface area contributed by atoms with E-state index < -0.39 is 44.5 Å². The Bertz CT molecular complexity index is 966. The van der Waals surface area contributed by atoms with Crippen molar-refractivity contribution < 1.29 is 31.7 Å². The number of halogens is 2. The lowest BCUT2D eigenvalue weighted by Gasteiger charge is -2.31. The van der Waals surface area contributed by atoms with E-state index in [4.69, 9.17) is 24.0 Å². The summed E-state index contributed by atoms with van der Waals surface area (Å²) < 4.78 is 64.6. The summed E-state index contributed by atoms with van der Waals surface area (Å²) in [6, 6.07) is 1.21. The van der Waals surface area contributed by atoms with Crippen LogP contribution in [-0.4, -0.2) is 40.9 Å². The van der Waals surface area contributed by atoms with E-state index in [-0.39, 0.29) is 12.4 Å². The molecular formula is C27H46F2N3O6P. The topological polar surface area (TPSA) is 115 Å². The molecule has 12 heteroatoms. The van der Waals surface area contributed by atoms with Gasteiger partial charge in [0, 0.05) is 6.20 Å². The first-order valence-corrected chi connectivity index (χ1v) is 16.2. The summed E-state index contributed by atoms with van der Waals surface area (Å²) in [6.45, 7) is 1.94. The van der Waals surface area contributed by atoms with Gasteiger partial charge in [-0.2, -0.15) is 13.8 Å². The van der Waals surface area contributed by atoms with Crippen molar-refractivity contribution >= 4 is 13.6 Å². The highest BCUT2D eigenvalue weighted by Crippen LogP contribution is 2.59. The number of alkyl halides is 2. The van der Waals surface area contributed by atoms with Crippen molar-refractivity contribution in [2.45, 2.75) is 134 Å². The Kier molecular flexibility index (Phi) is 13.3. The number of nitrogen functional groups attached to an aromatic ring is 1. The van der Waals surface area contributed by atoms with Crippen molar-refractivity contribution in [2.75, 3.05) is 18.9 Å². The van der Waals surface area contributed by atoms with Crippen molar-refractivity contribution in [2.24, 2.45) is 0 Å². The molecule has 0 spiro atoms. The number of hydrogen-bond acceptors (Lipinski definition) is 8. The lowest BCUT2D eigenvalue weighted by molar-refractivity contribution is -0.138. The first-order chi connectivity index (χ1) is 18.8. The predicted molar refractivity (Wildman–Crippen MR) is 146 cm³/mol. The Morgan fingerprint density at radius 3 is 2.08 bits per heavy atom. The molecule has 2 aliphatic rings. The lowest BCUT2D eigenvalue weighted by Crippen LogP contribution is -2.45. The van der Waals surface area contributed by atoms with Crippen molar-refractivity contribution in [1.82, 2.24) is 9.55 Å². The van der Waals surface area contributed by atoms with E-state index in [1.54, 1.807) is 0 Å². The molecule has 0 aromatic carbocycles. The molecule has 0 radical (unpaired) electrons. The van der Waals surface area contributed by atoms with Crippen LogP contribution >= 0.6 is 7.82 Å². The predicted octanol–water partition coefficient (Wildman–Crippen LogP) is 7.16. The van der Waals surface area contributed by atoms with E-state index in [1.807, 2.05) is 0 Å². The first-order valence-electron chi connectivity index (χ1n) is 14.7. The van der Waals surface area contributed by atoms with Crippen molar-refractivity contribution in [1.29, 1.82) is 0 Å². The Labute approximate surface area is 230 Å². The van der Waals surface area contributed by atoms with Crippen molar-refractivity contribution in [3.05, 3.63) is 22.7 Å². The second-order valence-corrected chi connectivity index (χ2v) is 12.3. The van der Waals surface area contributed by atoms with Gasteiger partial charge in [0.25, 0.3) is 0 Å². The zero-order valence-electron chi connectivity index (χ0n) is 23.2. The Morgan fingerprint density at radius 2 is 1.54 bits per heavy atom. The summed E-state index contributed by atoms with van der Waals surface area (Å²) in [6.07, 6.45) is 15.6. The number of ether oxygens (including phenoxy) is 1. The minimum atomic E-state index is -4.17. The molecule has 39 heavy (non-hydrogen) atoms. The van der Waals surface area contributed by atoms with Gasteiger partial charge >= 0.3 is 19.4 Å². The average molecular weight is 578 g/mol. The number of anilines is 1. The second-order valence-electron chi connectivity index (χ2n) is 10.6. The van der Waals surface area contributed by atoms with Crippen LogP contribution in [0.15, 0.2) is 17.1 Å². The van der Waals surface area contributed by atoms with Gasteiger partial charge in [-0.3, -0.25) is 18.1 Å². The van der Waals surface area contributed by atoms with E-state index in [0.29, 0.717) is 11.0 Å². The summed E-state index contributed by atoms with van der Waals surface area (Å²) in [7, 11) is -4.17. The van der Waals surface area contributed by atoms with E-state index in [9.17, 15) is 9.36 Å². The Balaban J connectivity index is 1.24. The fraction of sp³-hybridized carbons (Fsp3) is 0.852. The quantitative estimate of drug-likeness (QED) is 0.136. The molecule has 1 aromatic rings. The van der Waals surface area contributed by atoms with Gasteiger partial charge < -0.3 is 10.5 Å². The molecule has 224 valence electrons. The van der Waals surface area contributed by atoms with Gasteiger partial charge in [0.15, 0.2) is 6.10 Å². The molecule has 0 amide bonds. The molecule has 2 N–H and O–H groups in total. The summed E-state index contributed by atoms with van der Waals surface area (Å²) >= 11 is 0. The number of phosphoric ester groups is 1. The minimum absolute atomic E-state index is 0.0876. The fourth-order valence-electron chi connectivity index (χ4n) is 5.06. The molecule has 4 atom stereocenters. The number of fused-ring (bicyclic) bond motifs is 1. The zero-order valence-corrected chi connectivity index (χ0v) is 24.1. The second kappa shape index (κ2) is 16.2. The summed E-state index contributed by atoms with van der Waals surface area (Å²) in [4.78, 5) is 15.5. The number of unbranched alkanes of at least 4 members (excludes halogenated alkanes) is 15. The lowest BCUT2D eigenvalue weighted by atomic mass is 10.0. The van der Waals surface area contributed by atoms with E-state index in [0.717, 1.165) is 25.5 Å². The summed E-state index contributed by atoms with van der Waals surface area (Å²) in [5.41, 5.74) is 4.45. The molecule has 1 aromatic heterocycles. The maximum Gasteiger partial charge on any atom is 0.475 e. The highest BCUT2D eigenvalue weighted by Gasteiger charge is 2.65. The van der Waals surface area contributed by atoms with Gasteiger partial charge in [0.05, 0.1) is 13.2 Å². The van der Waals surface area contributed by atoms with Gasteiger partial charge in [0.2, 0.25) is 6.23 Å². The van der Waals surface area contributed by atoms with Crippen LogP contribution in [0.1, 0.15) is 116 Å². The third-order valence-corrected chi connectivity index (χ3v) is 8.79. The molecule has 0 bridgehead atoms. The standard InChI is InChI=1S/C27H46F2N3O6P/c1-2-3-4-5-6-7-8-9-10-11-12-13-14-15-16-17-20-35-39(34)36-21-22-24(38-39)27(28,29)25(37-22)32-19-18-23(30)31-26(32)33/h18-19,22,24-25H,2-17,20-21H2,1H3,(H2,30,31,33)/t22?,24-,25-,39?/m1/s1. The van der Waals surface area contributed by atoms with Gasteiger partial charge in [-0.05, 0) is 12.5 Å². The summed E-state index contributed by atoms with van der Waals surface area (Å²) in [5.74, 6) is -3.76. The average Bonchev–Trinajstić information content (AvgIpc) is 3.15. The van der Waals surface area contributed by atoms with Crippen LogP contribution in [0.25, 0.3) is 0 Å². The minimum Gasteiger partial charge on any atom is -0.383 e. The molecule has 9 nitrogen and oxygen atoms in total. The third kappa shape index (κ3) is 9.88. The van der Waals surface area contributed by atoms with Crippen LogP contribution in [0.3, 0.4) is 0 Å². The molecule has 3 rings (SSSR count). The number of rotatable bonds is 19. The highest BCUT2D eigenvalue weighted by molar-refractivity contribution is 7.48. The van der Waals surface area contributed by atoms with Gasteiger partial charge in [-0.25, -0.2) is 9.36 Å². The van der Waals surface area contributed by atoms with Crippen molar-refractivity contribution in [3.63, 3.8) is 0 Å². The maximum absolute atomic E-state index is 15.1. The Hall–Kier alpha value is -1.39. The van der Waals surface area contributed by atoms with E-state index >= 15 is 8.78 Å². The van der Waals surface area contributed by atoms with E-state index in [1.165, 1.54) is 83.1 Å². The summed E-state index contributed by atoms with van der Waals surface area (Å²) in [5, 5.41) is 0. The van der Waals surface area contributed by atoms with Gasteiger partial charge in [-0.1, -0.05) is 103 Å². The third-order valence-electron chi connectivity index (χ3n) is 7.34. The number of phosphoric acid groups is 1. The molecule has 2 aliphatic heterocycles. The largest absolute Gasteiger partial charge is 0.475 e. The SMILES string of the molecule is CCCCCCCCCCCCCCCCCCOP1(=O)OCC2O[C@@H](n3ccc(N)nc3=O)C(F)(F)[C@@H]2O1.